The van der Waals surface area contributed by atoms with E-state index in [0.717, 1.165) is 5.56 Å². The molecule has 0 atom stereocenters. The molecule has 1 rings (SSSR count). The Hall–Kier alpha value is -1.90. The zero-order valence-electron chi connectivity index (χ0n) is 7.86. The standard InChI is InChI=1S/C11H11NO2/c1-12-11(14)10-6-4-9(5-7-10)3-2-8-13/h2-8H,1H3,(H,12,14). The lowest BCUT2D eigenvalue weighted by atomic mass is 10.1. The molecule has 0 aliphatic carbocycles. The van der Waals surface area contributed by atoms with E-state index in [1.807, 2.05) is 0 Å². The summed E-state index contributed by atoms with van der Waals surface area (Å²) in [6.07, 6.45) is 3.81. The van der Waals surface area contributed by atoms with Gasteiger partial charge in [0.15, 0.2) is 0 Å². The summed E-state index contributed by atoms with van der Waals surface area (Å²) in [4.78, 5) is 21.2. The van der Waals surface area contributed by atoms with Crippen LogP contribution in [0.2, 0.25) is 0 Å². The van der Waals surface area contributed by atoms with Crippen molar-refractivity contribution in [1.82, 2.24) is 5.32 Å². The van der Waals surface area contributed by atoms with Crippen LogP contribution in [0.15, 0.2) is 30.3 Å². The number of nitrogens with one attached hydrogen (secondary N) is 1. The Kier molecular flexibility index (Phi) is 3.61. The topological polar surface area (TPSA) is 46.2 Å². The van der Waals surface area contributed by atoms with Crippen molar-refractivity contribution in [3.05, 3.63) is 41.5 Å². The van der Waals surface area contributed by atoms with E-state index in [1.54, 1.807) is 37.4 Å². The molecule has 3 heteroatoms. The monoisotopic (exact) mass is 189 g/mol. The van der Waals surface area contributed by atoms with Crippen LogP contribution in [0.5, 0.6) is 0 Å². The van der Waals surface area contributed by atoms with Crippen molar-refractivity contribution in [2.45, 2.75) is 0 Å². The lowest BCUT2D eigenvalue weighted by Crippen LogP contribution is -2.17. The van der Waals surface area contributed by atoms with E-state index in [9.17, 15) is 9.59 Å². The SMILES string of the molecule is CNC(=O)c1ccc(C=CC=O)cc1. The Morgan fingerprint density at radius 2 is 1.93 bits per heavy atom. The number of allylic oxidation sites excluding steroid dienone is 1. The van der Waals surface area contributed by atoms with Crippen LogP contribution in [-0.4, -0.2) is 19.2 Å². The van der Waals surface area contributed by atoms with E-state index in [1.165, 1.54) is 6.08 Å². The van der Waals surface area contributed by atoms with Gasteiger partial charge in [0.05, 0.1) is 0 Å². The van der Waals surface area contributed by atoms with Crippen molar-refractivity contribution in [2.75, 3.05) is 7.05 Å². The second-order valence-electron chi connectivity index (χ2n) is 2.70. The Morgan fingerprint density at radius 3 is 2.43 bits per heavy atom. The van der Waals surface area contributed by atoms with Crippen LogP contribution >= 0.6 is 0 Å². The average Bonchev–Trinajstić information content (AvgIpc) is 2.26. The van der Waals surface area contributed by atoms with Gasteiger partial charge in [0.2, 0.25) is 0 Å². The molecule has 0 aromatic heterocycles. The smallest absolute Gasteiger partial charge is 0.251 e. The summed E-state index contributed by atoms with van der Waals surface area (Å²) in [5, 5.41) is 2.53. The van der Waals surface area contributed by atoms with E-state index in [4.69, 9.17) is 0 Å². The highest BCUT2D eigenvalue weighted by Crippen LogP contribution is 2.05. The fourth-order valence-corrected chi connectivity index (χ4v) is 1.04. The number of rotatable bonds is 3. The maximum absolute atomic E-state index is 11.2. The first-order valence-corrected chi connectivity index (χ1v) is 4.22. The lowest BCUT2D eigenvalue weighted by molar-refractivity contribution is -0.104. The summed E-state index contributed by atoms with van der Waals surface area (Å²) >= 11 is 0. The third-order valence-corrected chi connectivity index (χ3v) is 1.77. The minimum atomic E-state index is -0.115. The number of hydrogen-bond donors (Lipinski definition) is 1. The summed E-state index contributed by atoms with van der Waals surface area (Å²) in [7, 11) is 1.59. The zero-order valence-corrected chi connectivity index (χ0v) is 7.86. The Balaban J connectivity index is 2.83. The molecule has 0 saturated carbocycles. The van der Waals surface area contributed by atoms with Gasteiger partial charge in [0.1, 0.15) is 6.29 Å². The van der Waals surface area contributed by atoms with Gasteiger partial charge in [-0.2, -0.15) is 0 Å². The van der Waals surface area contributed by atoms with Crippen molar-refractivity contribution < 1.29 is 9.59 Å². The first kappa shape index (κ1) is 10.2. The first-order chi connectivity index (χ1) is 6.77. The molecule has 0 saturated heterocycles. The van der Waals surface area contributed by atoms with Crippen LogP contribution in [0.4, 0.5) is 0 Å². The van der Waals surface area contributed by atoms with Gasteiger partial charge >= 0.3 is 0 Å². The van der Waals surface area contributed by atoms with Crippen LogP contribution in [0, 0.1) is 0 Å². The minimum Gasteiger partial charge on any atom is -0.355 e. The van der Waals surface area contributed by atoms with Crippen molar-refractivity contribution in [3.63, 3.8) is 0 Å². The predicted octanol–water partition coefficient (Wildman–Crippen LogP) is 1.26. The van der Waals surface area contributed by atoms with Gasteiger partial charge in [-0.05, 0) is 23.8 Å². The van der Waals surface area contributed by atoms with Gasteiger partial charge in [-0.25, -0.2) is 0 Å². The highest BCUT2D eigenvalue weighted by atomic mass is 16.1. The molecule has 1 amide bonds. The van der Waals surface area contributed by atoms with E-state index < -0.39 is 0 Å². The van der Waals surface area contributed by atoms with Crippen molar-refractivity contribution in [3.8, 4) is 0 Å². The van der Waals surface area contributed by atoms with E-state index in [-0.39, 0.29) is 5.91 Å². The molecule has 0 fully saturated rings. The summed E-state index contributed by atoms with van der Waals surface area (Å²) < 4.78 is 0. The van der Waals surface area contributed by atoms with Gasteiger partial charge in [0.25, 0.3) is 5.91 Å². The van der Waals surface area contributed by atoms with Crippen LogP contribution in [0.25, 0.3) is 6.08 Å². The van der Waals surface area contributed by atoms with E-state index in [2.05, 4.69) is 5.32 Å². The van der Waals surface area contributed by atoms with E-state index in [0.29, 0.717) is 11.8 Å². The number of carbonyl (C=O) groups excluding carboxylic acids is 2. The van der Waals surface area contributed by atoms with Gasteiger partial charge in [-0.3, -0.25) is 9.59 Å². The maximum Gasteiger partial charge on any atom is 0.251 e. The molecule has 0 aliphatic heterocycles. The molecule has 14 heavy (non-hydrogen) atoms. The Labute approximate surface area is 82.4 Å². The van der Waals surface area contributed by atoms with Crippen LogP contribution in [0.3, 0.4) is 0 Å². The second kappa shape index (κ2) is 4.97. The Morgan fingerprint density at radius 1 is 1.29 bits per heavy atom. The lowest BCUT2D eigenvalue weighted by Gasteiger charge is -1.99. The third-order valence-electron chi connectivity index (χ3n) is 1.77. The summed E-state index contributed by atoms with van der Waals surface area (Å²) in [6.45, 7) is 0. The van der Waals surface area contributed by atoms with Crippen molar-refractivity contribution >= 4 is 18.3 Å². The molecule has 0 radical (unpaired) electrons. The molecule has 72 valence electrons. The van der Waals surface area contributed by atoms with Crippen LogP contribution in [-0.2, 0) is 4.79 Å². The minimum absolute atomic E-state index is 0.115. The maximum atomic E-state index is 11.2. The van der Waals surface area contributed by atoms with Gasteiger partial charge in [0, 0.05) is 12.6 Å². The molecule has 3 nitrogen and oxygen atoms in total. The molecule has 1 N–H and O–H groups in total. The molecule has 0 bridgehead atoms. The molecule has 1 aromatic carbocycles. The van der Waals surface area contributed by atoms with Crippen LogP contribution < -0.4 is 5.32 Å². The fraction of sp³-hybridized carbons (Fsp3) is 0.0909. The number of hydrogen-bond acceptors (Lipinski definition) is 2. The number of benzene rings is 1. The van der Waals surface area contributed by atoms with Gasteiger partial charge in [-0.15, -0.1) is 0 Å². The van der Waals surface area contributed by atoms with Gasteiger partial charge < -0.3 is 5.32 Å². The molecular weight excluding hydrogens is 178 g/mol. The number of carbonyl (C=O) groups is 2. The highest BCUT2D eigenvalue weighted by molar-refractivity contribution is 5.94. The summed E-state index contributed by atoms with van der Waals surface area (Å²) in [6, 6.07) is 6.99. The molecular formula is C11H11NO2. The fourth-order valence-electron chi connectivity index (χ4n) is 1.04. The third kappa shape index (κ3) is 2.55. The van der Waals surface area contributed by atoms with Crippen molar-refractivity contribution in [2.24, 2.45) is 0 Å². The molecule has 0 unspecified atom stereocenters. The second-order valence-corrected chi connectivity index (χ2v) is 2.70. The average molecular weight is 189 g/mol. The van der Waals surface area contributed by atoms with E-state index >= 15 is 0 Å². The Bertz CT molecular complexity index is 352. The largest absolute Gasteiger partial charge is 0.355 e. The highest BCUT2D eigenvalue weighted by Gasteiger charge is 2.00. The van der Waals surface area contributed by atoms with Gasteiger partial charge in [-0.1, -0.05) is 18.2 Å². The molecule has 1 aromatic rings. The quantitative estimate of drug-likeness (QED) is 0.574. The summed E-state index contributed by atoms with van der Waals surface area (Å²) in [5.41, 5.74) is 1.50. The predicted molar refractivity (Wildman–Crippen MR) is 54.9 cm³/mol. The van der Waals surface area contributed by atoms with Crippen molar-refractivity contribution in [1.29, 1.82) is 0 Å². The number of aldehydes is 1. The molecule has 0 heterocycles. The first-order valence-electron chi connectivity index (χ1n) is 4.22. The molecule has 0 aliphatic rings. The van der Waals surface area contributed by atoms with Crippen LogP contribution in [0.1, 0.15) is 15.9 Å². The normalized spacial score (nSPS) is 10.1. The summed E-state index contributed by atoms with van der Waals surface area (Å²) in [5.74, 6) is -0.115. The zero-order chi connectivity index (χ0) is 10.4. The number of amides is 1. The molecule has 0 spiro atoms.